The van der Waals surface area contributed by atoms with Crippen LogP contribution in [0.5, 0.6) is 5.75 Å². The van der Waals surface area contributed by atoms with Gasteiger partial charge >= 0.3 is 0 Å². The molecule has 0 radical (unpaired) electrons. The highest BCUT2D eigenvalue weighted by Crippen LogP contribution is 2.41. The van der Waals surface area contributed by atoms with Crippen molar-refractivity contribution < 1.29 is 14.2 Å². The Labute approximate surface area is 102 Å². The highest BCUT2D eigenvalue weighted by molar-refractivity contribution is 7.09. The monoisotopic (exact) mass is 251 g/mol. The van der Waals surface area contributed by atoms with Crippen LogP contribution in [0.2, 0.25) is 0 Å². The fraction of sp³-hybridized carbons (Fsp3) is 0.250. The molecule has 3 nitrogen and oxygen atoms in total. The molecule has 0 fully saturated rings. The molecule has 3 rings (SSSR count). The first-order valence-electron chi connectivity index (χ1n) is 5.26. The molecule has 2 aromatic rings. The first-order chi connectivity index (χ1) is 8.24. The molecule has 1 N–H and O–H groups in total. The van der Waals surface area contributed by atoms with Gasteiger partial charge in [-0.15, -0.1) is 11.3 Å². The summed E-state index contributed by atoms with van der Waals surface area (Å²) in [6.45, 7) is 0. The van der Waals surface area contributed by atoms with E-state index in [9.17, 15) is 9.50 Å². The molecule has 1 aromatic carbocycles. The SMILES string of the molecule is O[C@@H]1CC(c2cncs2)Oc2ccc(F)cc21. The Bertz CT molecular complexity index is 529. The lowest BCUT2D eigenvalue weighted by Crippen LogP contribution is -2.18. The van der Waals surface area contributed by atoms with Crippen LogP contribution in [0.3, 0.4) is 0 Å². The van der Waals surface area contributed by atoms with Gasteiger partial charge in [0.15, 0.2) is 0 Å². The summed E-state index contributed by atoms with van der Waals surface area (Å²) in [6, 6.07) is 4.21. The van der Waals surface area contributed by atoms with Crippen molar-refractivity contribution in [3.63, 3.8) is 0 Å². The molecular formula is C12H10FNO2S. The smallest absolute Gasteiger partial charge is 0.137 e. The van der Waals surface area contributed by atoms with E-state index in [4.69, 9.17) is 4.74 Å². The van der Waals surface area contributed by atoms with Crippen LogP contribution in [0.15, 0.2) is 29.9 Å². The third kappa shape index (κ3) is 1.92. The van der Waals surface area contributed by atoms with Gasteiger partial charge in [-0.25, -0.2) is 4.39 Å². The summed E-state index contributed by atoms with van der Waals surface area (Å²) >= 11 is 1.49. The Morgan fingerprint density at radius 1 is 1.47 bits per heavy atom. The lowest BCUT2D eigenvalue weighted by atomic mass is 9.98. The second-order valence-electron chi connectivity index (χ2n) is 3.94. The number of aliphatic hydroxyl groups is 1. The number of hydrogen-bond acceptors (Lipinski definition) is 4. The molecule has 0 saturated heterocycles. The van der Waals surface area contributed by atoms with Gasteiger partial charge in [0.2, 0.25) is 0 Å². The van der Waals surface area contributed by atoms with Crippen LogP contribution < -0.4 is 4.74 Å². The van der Waals surface area contributed by atoms with Crippen LogP contribution in [0.4, 0.5) is 4.39 Å². The summed E-state index contributed by atoms with van der Waals surface area (Å²) in [7, 11) is 0. The minimum absolute atomic E-state index is 0.199. The van der Waals surface area contributed by atoms with Gasteiger partial charge < -0.3 is 9.84 Å². The average molecular weight is 251 g/mol. The van der Waals surface area contributed by atoms with Gasteiger partial charge in [-0.05, 0) is 18.2 Å². The number of nitrogens with zero attached hydrogens (tertiary/aromatic N) is 1. The number of fused-ring (bicyclic) bond motifs is 1. The Balaban J connectivity index is 1.96. The van der Waals surface area contributed by atoms with Gasteiger partial charge in [0.25, 0.3) is 0 Å². The van der Waals surface area contributed by atoms with Crippen LogP contribution in [0, 0.1) is 5.82 Å². The third-order valence-corrected chi connectivity index (χ3v) is 3.67. The van der Waals surface area contributed by atoms with Crippen LogP contribution >= 0.6 is 11.3 Å². The van der Waals surface area contributed by atoms with Crippen molar-refractivity contribution in [2.24, 2.45) is 0 Å². The predicted molar refractivity (Wildman–Crippen MR) is 61.5 cm³/mol. The highest BCUT2D eigenvalue weighted by atomic mass is 32.1. The van der Waals surface area contributed by atoms with Gasteiger partial charge in [-0.1, -0.05) is 0 Å². The molecule has 1 aliphatic rings. The number of thiazole rings is 1. The molecule has 2 heterocycles. The Morgan fingerprint density at radius 2 is 2.35 bits per heavy atom. The zero-order valence-electron chi connectivity index (χ0n) is 8.84. The second-order valence-corrected chi connectivity index (χ2v) is 4.86. The zero-order valence-corrected chi connectivity index (χ0v) is 9.65. The summed E-state index contributed by atoms with van der Waals surface area (Å²) in [4.78, 5) is 4.96. The van der Waals surface area contributed by atoms with E-state index < -0.39 is 6.10 Å². The fourth-order valence-electron chi connectivity index (χ4n) is 1.98. The number of aliphatic hydroxyl groups excluding tert-OH is 1. The Morgan fingerprint density at radius 3 is 3.12 bits per heavy atom. The normalized spacial score (nSPS) is 22.9. The average Bonchev–Trinajstić information content (AvgIpc) is 2.83. The van der Waals surface area contributed by atoms with E-state index in [-0.39, 0.29) is 11.9 Å². The van der Waals surface area contributed by atoms with E-state index in [0.29, 0.717) is 17.7 Å². The van der Waals surface area contributed by atoms with Crippen molar-refractivity contribution in [2.45, 2.75) is 18.6 Å². The summed E-state index contributed by atoms with van der Waals surface area (Å²) in [5.41, 5.74) is 2.25. The maximum absolute atomic E-state index is 13.1. The van der Waals surface area contributed by atoms with Crippen LogP contribution in [-0.2, 0) is 0 Å². The molecular weight excluding hydrogens is 241 g/mol. The lowest BCUT2D eigenvalue weighted by molar-refractivity contribution is 0.0669. The van der Waals surface area contributed by atoms with Crippen LogP contribution in [0.25, 0.3) is 0 Å². The maximum atomic E-state index is 13.1. The van der Waals surface area contributed by atoms with Crippen LogP contribution in [-0.4, -0.2) is 10.1 Å². The molecule has 0 saturated carbocycles. The van der Waals surface area contributed by atoms with E-state index in [1.165, 1.54) is 23.5 Å². The number of benzene rings is 1. The minimum atomic E-state index is -0.693. The summed E-state index contributed by atoms with van der Waals surface area (Å²) < 4.78 is 18.8. The molecule has 0 aliphatic carbocycles. The zero-order chi connectivity index (χ0) is 11.8. The Hall–Kier alpha value is -1.46. The fourth-order valence-corrected chi connectivity index (χ4v) is 2.64. The van der Waals surface area contributed by atoms with E-state index >= 15 is 0 Å². The van der Waals surface area contributed by atoms with Crippen LogP contribution in [0.1, 0.15) is 29.1 Å². The van der Waals surface area contributed by atoms with Crippen molar-refractivity contribution in [1.29, 1.82) is 0 Å². The van der Waals surface area contributed by atoms with E-state index in [2.05, 4.69) is 4.98 Å². The molecule has 0 spiro atoms. The topological polar surface area (TPSA) is 42.4 Å². The molecule has 88 valence electrons. The van der Waals surface area contributed by atoms with Crippen molar-refractivity contribution >= 4 is 11.3 Å². The maximum Gasteiger partial charge on any atom is 0.137 e. The first kappa shape index (κ1) is 10.7. The largest absolute Gasteiger partial charge is 0.484 e. The van der Waals surface area contributed by atoms with Crippen molar-refractivity contribution in [2.75, 3.05) is 0 Å². The molecule has 1 unspecified atom stereocenters. The minimum Gasteiger partial charge on any atom is -0.484 e. The van der Waals surface area contributed by atoms with Crippen molar-refractivity contribution in [3.05, 3.63) is 46.2 Å². The molecule has 1 aliphatic heterocycles. The van der Waals surface area contributed by atoms with Gasteiger partial charge in [0, 0.05) is 18.2 Å². The quantitative estimate of drug-likeness (QED) is 0.847. The molecule has 0 bridgehead atoms. The second kappa shape index (κ2) is 4.09. The van der Waals surface area contributed by atoms with E-state index in [0.717, 1.165) is 4.88 Å². The number of ether oxygens (including phenoxy) is 1. The Kier molecular flexibility index (Phi) is 2.57. The highest BCUT2D eigenvalue weighted by Gasteiger charge is 2.29. The number of halogens is 1. The first-order valence-corrected chi connectivity index (χ1v) is 6.14. The summed E-state index contributed by atoms with van der Waals surface area (Å²) in [5, 5.41) is 9.99. The van der Waals surface area contributed by atoms with Crippen molar-refractivity contribution in [3.8, 4) is 5.75 Å². The van der Waals surface area contributed by atoms with E-state index in [1.54, 1.807) is 17.8 Å². The number of aromatic nitrogens is 1. The van der Waals surface area contributed by atoms with Gasteiger partial charge in [-0.3, -0.25) is 4.98 Å². The molecule has 1 aromatic heterocycles. The van der Waals surface area contributed by atoms with E-state index in [1.807, 2.05) is 0 Å². The number of hydrogen-bond donors (Lipinski definition) is 1. The summed E-state index contributed by atoms with van der Waals surface area (Å²) in [6.07, 6.45) is 1.27. The summed E-state index contributed by atoms with van der Waals surface area (Å²) in [5.74, 6) is 0.186. The third-order valence-electron chi connectivity index (χ3n) is 2.81. The predicted octanol–water partition coefficient (Wildman–Crippen LogP) is 2.84. The molecule has 17 heavy (non-hydrogen) atoms. The number of rotatable bonds is 1. The molecule has 5 heteroatoms. The van der Waals surface area contributed by atoms with Gasteiger partial charge in [-0.2, -0.15) is 0 Å². The molecule has 0 amide bonds. The van der Waals surface area contributed by atoms with Gasteiger partial charge in [0.05, 0.1) is 16.5 Å². The lowest BCUT2D eigenvalue weighted by Gasteiger charge is -2.28. The molecule has 2 atom stereocenters. The van der Waals surface area contributed by atoms with Gasteiger partial charge in [0.1, 0.15) is 17.7 Å². The van der Waals surface area contributed by atoms with Crippen molar-refractivity contribution in [1.82, 2.24) is 4.98 Å². The standard InChI is InChI=1S/C12H10FNO2S/c13-7-1-2-10-8(3-7)9(15)4-11(16-10)12-5-14-6-17-12/h1-3,5-6,9,11,15H,4H2/t9-,11?/m1/s1.